The highest BCUT2D eigenvalue weighted by Crippen LogP contribution is 2.51. The molecule has 0 saturated carbocycles. The first kappa shape index (κ1) is 17.2. The molecule has 3 rings (SSSR count). The fourth-order valence-corrected chi connectivity index (χ4v) is 4.10. The van der Waals surface area contributed by atoms with Crippen LogP contribution in [0.15, 0.2) is 36.4 Å². The van der Waals surface area contributed by atoms with Crippen LogP contribution in [-0.2, 0) is 27.8 Å². The molecule has 0 radical (unpaired) electrons. The number of carboxylic acids is 2. The molecule has 130 valence electrons. The molecule has 0 saturated heterocycles. The van der Waals surface area contributed by atoms with Gasteiger partial charge in [-0.2, -0.15) is 0 Å². The molecule has 2 N–H and O–H groups in total. The van der Waals surface area contributed by atoms with Gasteiger partial charge >= 0.3 is 11.9 Å². The maximum atomic E-state index is 12.3. The lowest BCUT2D eigenvalue weighted by Gasteiger charge is -2.26. The van der Waals surface area contributed by atoms with Crippen molar-refractivity contribution in [3.63, 3.8) is 0 Å². The summed E-state index contributed by atoms with van der Waals surface area (Å²) < 4.78 is 0. The van der Waals surface area contributed by atoms with Crippen molar-refractivity contribution in [1.82, 2.24) is 0 Å². The van der Waals surface area contributed by atoms with Crippen LogP contribution in [0.5, 0.6) is 0 Å². The van der Waals surface area contributed by atoms with E-state index in [1.165, 1.54) is 0 Å². The van der Waals surface area contributed by atoms with E-state index in [0.717, 1.165) is 36.0 Å². The second-order valence-corrected chi connectivity index (χ2v) is 6.53. The number of fused-ring (bicyclic) bond motifs is 3. The topological polar surface area (TPSA) is 74.6 Å². The Kier molecular flexibility index (Phi) is 4.38. The molecule has 0 atom stereocenters. The molecule has 25 heavy (non-hydrogen) atoms. The molecule has 1 aliphatic rings. The van der Waals surface area contributed by atoms with Crippen molar-refractivity contribution in [3.05, 3.63) is 58.7 Å². The Hall–Kier alpha value is -2.62. The largest absolute Gasteiger partial charge is 0.480 e. The van der Waals surface area contributed by atoms with Crippen LogP contribution in [0.25, 0.3) is 11.1 Å². The van der Waals surface area contributed by atoms with Gasteiger partial charge in [-0.15, -0.1) is 0 Å². The van der Waals surface area contributed by atoms with Crippen LogP contribution in [0.2, 0.25) is 0 Å². The van der Waals surface area contributed by atoms with Crippen molar-refractivity contribution in [2.24, 2.45) is 0 Å². The molecule has 0 spiro atoms. The second kappa shape index (κ2) is 6.36. The maximum Gasteiger partial charge on any atom is 0.330 e. The molecule has 0 aromatic heterocycles. The highest BCUT2D eigenvalue weighted by molar-refractivity contribution is 6.14. The van der Waals surface area contributed by atoms with Crippen LogP contribution in [0.1, 0.15) is 48.9 Å². The summed E-state index contributed by atoms with van der Waals surface area (Å²) in [5.41, 5.74) is 2.19. The van der Waals surface area contributed by atoms with Gasteiger partial charge in [0.1, 0.15) is 0 Å². The second-order valence-electron chi connectivity index (χ2n) is 6.53. The Labute approximate surface area is 147 Å². The van der Waals surface area contributed by atoms with Gasteiger partial charge in [0, 0.05) is 0 Å². The van der Waals surface area contributed by atoms with E-state index >= 15 is 0 Å². The summed E-state index contributed by atoms with van der Waals surface area (Å²) in [6, 6.07) is 10.9. The van der Waals surface area contributed by atoms with Gasteiger partial charge in [0.05, 0.1) is 0 Å². The van der Waals surface area contributed by atoms with E-state index in [2.05, 4.69) is 6.92 Å². The Bertz CT molecular complexity index is 837. The van der Waals surface area contributed by atoms with Gasteiger partial charge in [-0.3, -0.25) is 9.59 Å². The molecule has 0 amide bonds. The summed E-state index contributed by atoms with van der Waals surface area (Å²) in [4.78, 5) is 24.7. The van der Waals surface area contributed by atoms with Crippen LogP contribution < -0.4 is 0 Å². The third-order valence-corrected chi connectivity index (χ3v) is 5.07. The Morgan fingerprint density at radius 2 is 1.52 bits per heavy atom. The number of aryl methyl sites for hydroxylation is 1. The number of hydrogen-bond donors (Lipinski definition) is 2. The summed E-state index contributed by atoms with van der Waals surface area (Å²) in [5.74, 6) is -2.64. The third kappa shape index (κ3) is 2.28. The number of carboxylic acid groups (broad SMARTS) is 2. The molecule has 4 heteroatoms. The SMILES string of the molecule is CCCc1ccc2c(c1CCC)C(C(=O)O)(C(=O)O)c1ccccc1-2. The number of hydrogen-bond acceptors (Lipinski definition) is 2. The molecule has 2 aromatic rings. The number of rotatable bonds is 6. The predicted octanol–water partition coefficient (Wildman–Crippen LogP) is 4.03. The van der Waals surface area contributed by atoms with Crippen LogP contribution >= 0.6 is 0 Å². The number of benzene rings is 2. The van der Waals surface area contributed by atoms with Gasteiger partial charge in [0.2, 0.25) is 5.41 Å². The zero-order valence-corrected chi connectivity index (χ0v) is 14.5. The van der Waals surface area contributed by atoms with Crippen molar-refractivity contribution in [3.8, 4) is 11.1 Å². The standard InChI is InChI=1S/C21H22O4/c1-3-7-13-11-12-16-15-9-5-6-10-17(15)21(19(22)23,20(24)25)18(16)14(13)8-4-2/h5-6,9-12H,3-4,7-8H2,1-2H3,(H,22,23)(H,24,25). The van der Waals surface area contributed by atoms with E-state index in [9.17, 15) is 19.8 Å². The van der Waals surface area contributed by atoms with Crippen LogP contribution in [-0.4, -0.2) is 22.2 Å². The first-order valence-corrected chi connectivity index (χ1v) is 8.71. The minimum atomic E-state index is -2.03. The smallest absolute Gasteiger partial charge is 0.330 e. The zero-order chi connectivity index (χ0) is 18.2. The molecule has 0 unspecified atom stereocenters. The molecule has 0 heterocycles. The monoisotopic (exact) mass is 338 g/mol. The first-order valence-electron chi connectivity index (χ1n) is 8.71. The van der Waals surface area contributed by atoms with E-state index in [-0.39, 0.29) is 0 Å². The molecular weight excluding hydrogens is 316 g/mol. The molecular formula is C21H22O4. The van der Waals surface area contributed by atoms with E-state index in [0.29, 0.717) is 23.1 Å². The van der Waals surface area contributed by atoms with E-state index in [4.69, 9.17) is 0 Å². The van der Waals surface area contributed by atoms with E-state index in [1.54, 1.807) is 12.1 Å². The van der Waals surface area contributed by atoms with E-state index < -0.39 is 17.4 Å². The van der Waals surface area contributed by atoms with Gasteiger partial charge in [0.15, 0.2) is 0 Å². The highest BCUT2D eigenvalue weighted by Gasteiger charge is 2.57. The molecule has 0 bridgehead atoms. The van der Waals surface area contributed by atoms with Crippen LogP contribution in [0.4, 0.5) is 0 Å². The Balaban J connectivity index is 2.46. The van der Waals surface area contributed by atoms with Crippen molar-refractivity contribution < 1.29 is 19.8 Å². The summed E-state index contributed by atoms with van der Waals surface area (Å²) in [5, 5.41) is 20.1. The minimum absolute atomic E-state index is 0.357. The van der Waals surface area contributed by atoms with Crippen molar-refractivity contribution in [2.75, 3.05) is 0 Å². The normalized spacial score (nSPS) is 14.0. The minimum Gasteiger partial charge on any atom is -0.480 e. The predicted molar refractivity (Wildman–Crippen MR) is 95.9 cm³/mol. The number of aliphatic carboxylic acids is 2. The summed E-state index contributed by atoms with van der Waals surface area (Å²) in [7, 11) is 0. The number of carbonyl (C=O) groups is 2. The molecule has 2 aromatic carbocycles. The van der Waals surface area contributed by atoms with Gasteiger partial charge in [0.25, 0.3) is 0 Å². The molecule has 0 fully saturated rings. The fourth-order valence-electron chi connectivity index (χ4n) is 4.10. The quantitative estimate of drug-likeness (QED) is 0.780. The molecule has 4 nitrogen and oxygen atoms in total. The van der Waals surface area contributed by atoms with Gasteiger partial charge < -0.3 is 10.2 Å². The van der Waals surface area contributed by atoms with Crippen LogP contribution in [0, 0.1) is 0 Å². The van der Waals surface area contributed by atoms with Gasteiger partial charge in [-0.25, -0.2) is 0 Å². The first-order chi connectivity index (χ1) is 12.0. The lowest BCUT2D eigenvalue weighted by Crippen LogP contribution is -2.44. The third-order valence-electron chi connectivity index (χ3n) is 5.07. The summed E-state index contributed by atoms with van der Waals surface area (Å²) >= 11 is 0. The van der Waals surface area contributed by atoms with Gasteiger partial charge in [-0.05, 0) is 46.2 Å². The lowest BCUT2D eigenvalue weighted by molar-refractivity contribution is -0.155. The van der Waals surface area contributed by atoms with E-state index in [1.807, 2.05) is 31.2 Å². The molecule has 0 aliphatic heterocycles. The van der Waals surface area contributed by atoms with Crippen LogP contribution in [0.3, 0.4) is 0 Å². The fraction of sp³-hybridized carbons (Fsp3) is 0.333. The lowest BCUT2D eigenvalue weighted by atomic mass is 9.74. The van der Waals surface area contributed by atoms with Crippen molar-refractivity contribution in [1.29, 1.82) is 0 Å². The maximum absolute atomic E-state index is 12.3. The highest BCUT2D eigenvalue weighted by atomic mass is 16.4. The molecule has 1 aliphatic carbocycles. The summed E-state index contributed by atoms with van der Waals surface area (Å²) in [6.45, 7) is 4.10. The Morgan fingerprint density at radius 1 is 0.880 bits per heavy atom. The average Bonchev–Trinajstić information content (AvgIpc) is 2.89. The van der Waals surface area contributed by atoms with Gasteiger partial charge in [-0.1, -0.05) is 63.1 Å². The van der Waals surface area contributed by atoms with Crippen molar-refractivity contribution >= 4 is 11.9 Å². The Morgan fingerprint density at radius 3 is 2.12 bits per heavy atom. The summed E-state index contributed by atoms with van der Waals surface area (Å²) in [6.07, 6.45) is 3.25. The average molecular weight is 338 g/mol. The zero-order valence-electron chi connectivity index (χ0n) is 14.5. The van der Waals surface area contributed by atoms with Crippen molar-refractivity contribution in [2.45, 2.75) is 44.9 Å².